The van der Waals surface area contributed by atoms with Crippen LogP contribution < -0.4 is 10.6 Å². The van der Waals surface area contributed by atoms with Crippen LogP contribution in [0.3, 0.4) is 0 Å². The van der Waals surface area contributed by atoms with E-state index in [1.165, 1.54) is 5.56 Å². The smallest absolute Gasteiger partial charge is 0.191 e. The highest BCUT2D eigenvalue weighted by Crippen LogP contribution is 2.30. The highest BCUT2D eigenvalue weighted by molar-refractivity contribution is 14.0. The molecule has 1 aromatic carbocycles. The third-order valence-corrected chi connectivity index (χ3v) is 6.04. The number of benzene rings is 1. The van der Waals surface area contributed by atoms with Crippen molar-refractivity contribution in [1.29, 1.82) is 0 Å². The molecule has 0 saturated carbocycles. The van der Waals surface area contributed by atoms with Gasteiger partial charge in [-0.05, 0) is 32.5 Å². The summed E-state index contributed by atoms with van der Waals surface area (Å²) >= 11 is 0. The normalized spacial score (nSPS) is 19.4. The Morgan fingerprint density at radius 3 is 2.37 bits per heavy atom. The number of piperazine rings is 1. The quantitative estimate of drug-likeness (QED) is 0.353. The van der Waals surface area contributed by atoms with Gasteiger partial charge in [0.15, 0.2) is 5.96 Å². The van der Waals surface area contributed by atoms with Crippen LogP contribution in [0.25, 0.3) is 0 Å². The van der Waals surface area contributed by atoms with Crippen LogP contribution in [0.5, 0.6) is 0 Å². The molecule has 0 aliphatic carbocycles. The number of halogens is 1. The van der Waals surface area contributed by atoms with Crippen molar-refractivity contribution in [3.8, 4) is 0 Å². The van der Waals surface area contributed by atoms with E-state index in [-0.39, 0.29) is 29.4 Å². The topological polar surface area (TPSA) is 42.9 Å². The molecule has 0 radical (unpaired) electrons. The zero-order valence-electron chi connectivity index (χ0n) is 17.7. The van der Waals surface area contributed by atoms with Crippen LogP contribution in [0.15, 0.2) is 35.3 Å². The maximum atomic E-state index is 4.44. The molecule has 2 rings (SSSR count). The molecule has 154 valence electrons. The van der Waals surface area contributed by atoms with Gasteiger partial charge in [-0.3, -0.25) is 9.89 Å². The Hall–Kier alpha value is -0.860. The maximum absolute atomic E-state index is 4.44. The predicted octanol–water partition coefficient (Wildman–Crippen LogP) is 2.77. The van der Waals surface area contributed by atoms with Crippen molar-refractivity contribution in [3.63, 3.8) is 0 Å². The van der Waals surface area contributed by atoms with Gasteiger partial charge in [0.05, 0.1) is 0 Å². The van der Waals surface area contributed by atoms with Crippen molar-refractivity contribution in [2.45, 2.75) is 38.1 Å². The predicted molar refractivity (Wildman–Crippen MR) is 127 cm³/mol. The SMILES string of the molecule is CCC(CC)(CNC(=NC)NCC1CN(C)CCN1C)c1ccccc1.I. The second-order valence-corrected chi connectivity index (χ2v) is 7.56. The maximum Gasteiger partial charge on any atom is 0.191 e. The van der Waals surface area contributed by atoms with Gasteiger partial charge in [0.1, 0.15) is 0 Å². The van der Waals surface area contributed by atoms with E-state index in [0.717, 1.165) is 51.5 Å². The van der Waals surface area contributed by atoms with Gasteiger partial charge in [0, 0.05) is 51.2 Å². The van der Waals surface area contributed by atoms with E-state index in [0.29, 0.717) is 6.04 Å². The first-order valence-electron chi connectivity index (χ1n) is 9.93. The number of nitrogens with one attached hydrogen (secondary N) is 2. The minimum atomic E-state index is 0. The van der Waals surface area contributed by atoms with Gasteiger partial charge in [0.2, 0.25) is 0 Å². The monoisotopic (exact) mass is 487 g/mol. The Balaban J connectivity index is 0.00000364. The molecular weight excluding hydrogens is 449 g/mol. The molecule has 1 unspecified atom stereocenters. The molecule has 1 aromatic rings. The van der Waals surface area contributed by atoms with E-state index in [1.54, 1.807) is 0 Å². The molecule has 1 heterocycles. The van der Waals surface area contributed by atoms with Crippen LogP contribution >= 0.6 is 24.0 Å². The van der Waals surface area contributed by atoms with Crippen molar-refractivity contribution < 1.29 is 0 Å². The molecule has 0 bridgehead atoms. The molecule has 2 N–H and O–H groups in total. The molecule has 0 spiro atoms. The van der Waals surface area contributed by atoms with Gasteiger partial charge in [-0.1, -0.05) is 44.2 Å². The van der Waals surface area contributed by atoms with Gasteiger partial charge in [-0.15, -0.1) is 24.0 Å². The summed E-state index contributed by atoms with van der Waals surface area (Å²) in [6.45, 7) is 9.73. The molecular formula is C21H38IN5. The van der Waals surface area contributed by atoms with Crippen molar-refractivity contribution in [1.82, 2.24) is 20.4 Å². The fourth-order valence-electron chi connectivity index (χ4n) is 3.81. The van der Waals surface area contributed by atoms with Crippen molar-refractivity contribution in [2.75, 3.05) is 53.9 Å². The van der Waals surface area contributed by atoms with Crippen molar-refractivity contribution in [3.05, 3.63) is 35.9 Å². The van der Waals surface area contributed by atoms with Crippen LogP contribution in [0.4, 0.5) is 0 Å². The van der Waals surface area contributed by atoms with Crippen molar-refractivity contribution >= 4 is 29.9 Å². The van der Waals surface area contributed by atoms with E-state index >= 15 is 0 Å². The standard InChI is InChI=1S/C21H37N5.HI/c1-6-21(7-2,18-11-9-8-10-12-18)17-24-20(22-3)23-15-19-16-25(4)13-14-26(19)5;/h8-12,19H,6-7,13-17H2,1-5H3,(H2,22,23,24);1H. The number of hydrogen-bond acceptors (Lipinski definition) is 3. The third kappa shape index (κ3) is 6.61. The van der Waals surface area contributed by atoms with Gasteiger partial charge in [-0.25, -0.2) is 0 Å². The number of aliphatic imine (C=N–C) groups is 1. The molecule has 27 heavy (non-hydrogen) atoms. The van der Waals surface area contributed by atoms with E-state index in [2.05, 4.69) is 83.7 Å². The Bertz CT molecular complexity index is 559. The highest BCUT2D eigenvalue weighted by Gasteiger charge is 2.28. The lowest BCUT2D eigenvalue weighted by Gasteiger charge is -2.38. The lowest BCUT2D eigenvalue weighted by molar-refractivity contribution is 0.116. The van der Waals surface area contributed by atoms with Crippen LogP contribution in [-0.2, 0) is 5.41 Å². The van der Waals surface area contributed by atoms with Gasteiger partial charge >= 0.3 is 0 Å². The fraction of sp³-hybridized carbons (Fsp3) is 0.667. The summed E-state index contributed by atoms with van der Waals surface area (Å²) in [6, 6.07) is 11.4. The zero-order valence-corrected chi connectivity index (χ0v) is 20.0. The molecule has 5 nitrogen and oxygen atoms in total. The van der Waals surface area contributed by atoms with Crippen molar-refractivity contribution in [2.24, 2.45) is 4.99 Å². The molecule has 6 heteroatoms. The third-order valence-electron chi connectivity index (χ3n) is 6.04. The number of likely N-dealkylation sites (N-methyl/N-ethyl adjacent to an activating group) is 2. The Morgan fingerprint density at radius 1 is 1.11 bits per heavy atom. The minimum Gasteiger partial charge on any atom is -0.356 e. The summed E-state index contributed by atoms with van der Waals surface area (Å²) in [5.41, 5.74) is 1.54. The molecule has 0 amide bonds. The Morgan fingerprint density at radius 2 is 1.78 bits per heavy atom. The van der Waals surface area contributed by atoms with Crippen LogP contribution in [0.1, 0.15) is 32.3 Å². The first-order chi connectivity index (χ1) is 12.5. The molecule has 1 aliphatic heterocycles. The molecule has 1 atom stereocenters. The van der Waals surface area contributed by atoms with Gasteiger partial charge in [-0.2, -0.15) is 0 Å². The van der Waals surface area contributed by atoms with Gasteiger partial charge < -0.3 is 15.5 Å². The number of rotatable bonds is 7. The number of nitrogens with zero attached hydrogens (tertiary/aromatic N) is 3. The summed E-state index contributed by atoms with van der Waals surface area (Å²) < 4.78 is 0. The number of hydrogen-bond donors (Lipinski definition) is 2. The fourth-order valence-corrected chi connectivity index (χ4v) is 3.81. The summed E-state index contributed by atoms with van der Waals surface area (Å²) in [5, 5.41) is 7.12. The lowest BCUT2D eigenvalue weighted by Crippen LogP contribution is -2.56. The summed E-state index contributed by atoms with van der Waals surface area (Å²) in [6.07, 6.45) is 2.21. The second kappa shape index (κ2) is 11.9. The highest BCUT2D eigenvalue weighted by atomic mass is 127. The number of guanidine groups is 1. The second-order valence-electron chi connectivity index (χ2n) is 7.56. The molecule has 1 saturated heterocycles. The van der Waals surface area contributed by atoms with E-state index in [4.69, 9.17) is 0 Å². The first-order valence-corrected chi connectivity index (χ1v) is 9.93. The Kier molecular flexibility index (Phi) is 10.6. The minimum absolute atomic E-state index is 0. The molecule has 1 aliphatic rings. The van der Waals surface area contributed by atoms with E-state index in [9.17, 15) is 0 Å². The molecule has 1 fully saturated rings. The Labute approximate surface area is 183 Å². The first kappa shape index (κ1) is 24.2. The van der Waals surface area contributed by atoms with Gasteiger partial charge in [0.25, 0.3) is 0 Å². The van der Waals surface area contributed by atoms with Crippen LogP contribution in [-0.4, -0.2) is 75.7 Å². The summed E-state index contributed by atoms with van der Waals surface area (Å²) in [4.78, 5) is 9.28. The largest absolute Gasteiger partial charge is 0.356 e. The summed E-state index contributed by atoms with van der Waals surface area (Å²) in [5.74, 6) is 0.897. The summed E-state index contributed by atoms with van der Waals surface area (Å²) in [7, 11) is 6.27. The molecule has 0 aromatic heterocycles. The van der Waals surface area contributed by atoms with Crippen LogP contribution in [0.2, 0.25) is 0 Å². The lowest BCUT2D eigenvalue weighted by atomic mass is 9.76. The van der Waals surface area contributed by atoms with E-state index in [1.807, 2.05) is 7.05 Å². The average molecular weight is 487 g/mol. The van der Waals surface area contributed by atoms with E-state index < -0.39 is 0 Å². The average Bonchev–Trinajstić information content (AvgIpc) is 2.68. The van der Waals surface area contributed by atoms with Crippen LogP contribution in [0, 0.1) is 0 Å². The zero-order chi connectivity index (χ0) is 19.0.